The molecule has 136 valence electrons. The van der Waals surface area contributed by atoms with E-state index in [9.17, 15) is 4.79 Å². The number of hydrogen-bond donors (Lipinski definition) is 0. The van der Waals surface area contributed by atoms with Gasteiger partial charge in [0.25, 0.3) is 5.56 Å². The Hall–Kier alpha value is -2.92. The third kappa shape index (κ3) is 3.64. The zero-order valence-corrected chi connectivity index (χ0v) is 15.9. The fourth-order valence-corrected chi connectivity index (χ4v) is 4.04. The summed E-state index contributed by atoms with van der Waals surface area (Å²) in [6, 6.07) is 18.0. The van der Waals surface area contributed by atoms with Gasteiger partial charge in [-0.3, -0.25) is 9.36 Å². The van der Waals surface area contributed by atoms with Crippen molar-refractivity contribution in [2.45, 2.75) is 19.9 Å². The van der Waals surface area contributed by atoms with Gasteiger partial charge in [-0.1, -0.05) is 42.5 Å². The summed E-state index contributed by atoms with van der Waals surface area (Å²) >= 11 is 1.50. The van der Waals surface area contributed by atoms with E-state index in [-0.39, 0.29) is 5.56 Å². The van der Waals surface area contributed by atoms with Crippen molar-refractivity contribution in [2.24, 2.45) is 0 Å². The first-order chi connectivity index (χ1) is 13.3. The van der Waals surface area contributed by atoms with Crippen molar-refractivity contribution in [3.05, 3.63) is 82.2 Å². The van der Waals surface area contributed by atoms with Gasteiger partial charge in [0.05, 0.1) is 18.3 Å². The van der Waals surface area contributed by atoms with Crippen LogP contribution in [0.3, 0.4) is 0 Å². The minimum atomic E-state index is 0.0149. The van der Waals surface area contributed by atoms with Crippen LogP contribution in [0.2, 0.25) is 0 Å². The van der Waals surface area contributed by atoms with Gasteiger partial charge in [-0.25, -0.2) is 4.98 Å². The number of thiophene rings is 1. The monoisotopic (exact) mass is 376 g/mol. The Morgan fingerprint density at radius 1 is 1.07 bits per heavy atom. The van der Waals surface area contributed by atoms with Crippen LogP contribution in [0.1, 0.15) is 12.5 Å². The standard InChI is InChI=1S/C22H20N2O2S/c1-2-26-18-10-8-17(9-11-18)19-14-27-21-20(19)22(25)24(15-23-21)13-12-16-6-4-3-5-7-16/h3-11,14-15H,2,12-13H2,1H3. The molecule has 0 atom stereocenters. The number of ether oxygens (including phenoxy) is 1. The van der Waals surface area contributed by atoms with Gasteiger partial charge in [-0.15, -0.1) is 11.3 Å². The minimum absolute atomic E-state index is 0.0149. The first-order valence-electron chi connectivity index (χ1n) is 9.00. The molecule has 4 nitrogen and oxygen atoms in total. The van der Waals surface area contributed by atoms with E-state index in [0.29, 0.717) is 18.5 Å². The topological polar surface area (TPSA) is 44.1 Å². The van der Waals surface area contributed by atoms with E-state index >= 15 is 0 Å². The predicted octanol–water partition coefficient (Wildman–Crippen LogP) is 4.77. The van der Waals surface area contributed by atoms with Crippen LogP contribution >= 0.6 is 11.3 Å². The van der Waals surface area contributed by atoms with Gasteiger partial charge in [0.2, 0.25) is 0 Å². The summed E-state index contributed by atoms with van der Waals surface area (Å²) in [6.45, 7) is 3.21. The van der Waals surface area contributed by atoms with Gasteiger partial charge in [-0.2, -0.15) is 0 Å². The lowest BCUT2D eigenvalue weighted by Gasteiger charge is -2.07. The van der Waals surface area contributed by atoms with Crippen molar-refractivity contribution in [2.75, 3.05) is 6.61 Å². The molecule has 0 spiro atoms. The van der Waals surface area contributed by atoms with Gasteiger partial charge in [0.15, 0.2) is 0 Å². The lowest BCUT2D eigenvalue weighted by molar-refractivity contribution is 0.340. The molecule has 2 aromatic carbocycles. The Bertz CT molecular complexity index is 1100. The van der Waals surface area contributed by atoms with Crippen molar-refractivity contribution in [3.63, 3.8) is 0 Å². The molecule has 0 aliphatic carbocycles. The zero-order valence-electron chi connectivity index (χ0n) is 15.1. The Morgan fingerprint density at radius 2 is 1.85 bits per heavy atom. The third-order valence-corrected chi connectivity index (χ3v) is 5.41. The molecule has 4 rings (SSSR count). The minimum Gasteiger partial charge on any atom is -0.494 e. The summed E-state index contributed by atoms with van der Waals surface area (Å²) in [7, 11) is 0. The second-order valence-electron chi connectivity index (χ2n) is 6.27. The number of hydrogen-bond acceptors (Lipinski definition) is 4. The Labute approximate surface area is 161 Å². The molecule has 5 heteroatoms. The molecule has 0 unspecified atom stereocenters. The van der Waals surface area contributed by atoms with E-state index in [1.165, 1.54) is 16.9 Å². The van der Waals surface area contributed by atoms with Gasteiger partial charge < -0.3 is 4.74 Å². The lowest BCUT2D eigenvalue weighted by Crippen LogP contribution is -2.21. The molecule has 0 radical (unpaired) electrons. The maximum Gasteiger partial charge on any atom is 0.262 e. The van der Waals surface area contributed by atoms with E-state index in [4.69, 9.17) is 4.74 Å². The summed E-state index contributed by atoms with van der Waals surface area (Å²) in [5, 5.41) is 2.70. The molecular formula is C22H20N2O2S. The van der Waals surface area contributed by atoms with Crippen LogP contribution in [0, 0.1) is 0 Å². The molecule has 2 heterocycles. The SMILES string of the molecule is CCOc1ccc(-c2csc3ncn(CCc4ccccc4)c(=O)c23)cc1. The van der Waals surface area contributed by atoms with Crippen molar-refractivity contribution in [1.29, 1.82) is 0 Å². The fraction of sp³-hybridized carbons (Fsp3) is 0.182. The highest BCUT2D eigenvalue weighted by molar-refractivity contribution is 7.17. The molecule has 0 N–H and O–H groups in total. The van der Waals surface area contributed by atoms with E-state index in [1.807, 2.05) is 54.8 Å². The maximum absolute atomic E-state index is 13.1. The highest BCUT2D eigenvalue weighted by Gasteiger charge is 2.13. The molecule has 0 aliphatic rings. The van der Waals surface area contributed by atoms with Crippen LogP contribution in [0.5, 0.6) is 5.75 Å². The van der Waals surface area contributed by atoms with Crippen molar-refractivity contribution >= 4 is 21.6 Å². The van der Waals surface area contributed by atoms with Gasteiger partial charge in [-0.05, 0) is 36.6 Å². The summed E-state index contributed by atoms with van der Waals surface area (Å²) < 4.78 is 7.22. The number of aromatic nitrogens is 2. The highest BCUT2D eigenvalue weighted by Crippen LogP contribution is 2.31. The zero-order chi connectivity index (χ0) is 18.6. The molecule has 4 aromatic rings. The van der Waals surface area contributed by atoms with Crippen LogP contribution in [0.4, 0.5) is 0 Å². The van der Waals surface area contributed by atoms with Crippen molar-refractivity contribution in [3.8, 4) is 16.9 Å². The van der Waals surface area contributed by atoms with Crippen molar-refractivity contribution in [1.82, 2.24) is 9.55 Å². The Balaban J connectivity index is 1.67. The second-order valence-corrected chi connectivity index (χ2v) is 7.12. The van der Waals surface area contributed by atoms with Crippen LogP contribution < -0.4 is 10.3 Å². The molecule has 0 saturated heterocycles. The van der Waals surface area contributed by atoms with Gasteiger partial charge in [0, 0.05) is 17.5 Å². The smallest absolute Gasteiger partial charge is 0.262 e. The average Bonchev–Trinajstić information content (AvgIpc) is 3.14. The number of benzene rings is 2. The van der Waals surface area contributed by atoms with Crippen LogP contribution in [-0.2, 0) is 13.0 Å². The first kappa shape index (κ1) is 17.5. The molecule has 2 aromatic heterocycles. The Morgan fingerprint density at radius 3 is 2.59 bits per heavy atom. The average molecular weight is 376 g/mol. The largest absolute Gasteiger partial charge is 0.494 e. The van der Waals surface area contributed by atoms with Gasteiger partial charge in [0.1, 0.15) is 10.6 Å². The number of fused-ring (bicyclic) bond motifs is 1. The maximum atomic E-state index is 13.1. The van der Waals surface area contributed by atoms with Crippen LogP contribution in [0.15, 0.2) is 71.1 Å². The van der Waals surface area contributed by atoms with E-state index in [2.05, 4.69) is 17.1 Å². The molecule has 0 aliphatic heterocycles. The molecule has 0 saturated carbocycles. The fourth-order valence-electron chi connectivity index (χ4n) is 3.13. The quantitative estimate of drug-likeness (QED) is 0.487. The molecule has 0 fully saturated rings. The molecule has 0 bridgehead atoms. The Kier molecular flexibility index (Phi) is 5.03. The molecular weight excluding hydrogens is 356 g/mol. The summed E-state index contributed by atoms with van der Waals surface area (Å²) in [5.74, 6) is 0.833. The summed E-state index contributed by atoms with van der Waals surface area (Å²) in [6.07, 6.45) is 2.46. The number of nitrogens with zero attached hydrogens (tertiary/aromatic N) is 2. The third-order valence-electron chi connectivity index (χ3n) is 4.52. The molecule has 27 heavy (non-hydrogen) atoms. The van der Waals surface area contributed by atoms with Crippen LogP contribution in [-0.4, -0.2) is 16.2 Å². The number of aryl methyl sites for hydroxylation is 2. The van der Waals surface area contributed by atoms with E-state index < -0.39 is 0 Å². The first-order valence-corrected chi connectivity index (χ1v) is 9.88. The van der Waals surface area contributed by atoms with Crippen LogP contribution in [0.25, 0.3) is 21.3 Å². The van der Waals surface area contributed by atoms with E-state index in [0.717, 1.165) is 28.1 Å². The summed E-state index contributed by atoms with van der Waals surface area (Å²) in [4.78, 5) is 18.4. The summed E-state index contributed by atoms with van der Waals surface area (Å²) in [5.41, 5.74) is 3.16. The number of rotatable bonds is 6. The molecule has 0 amide bonds. The lowest BCUT2D eigenvalue weighted by atomic mass is 10.1. The van der Waals surface area contributed by atoms with Gasteiger partial charge >= 0.3 is 0 Å². The predicted molar refractivity (Wildman–Crippen MR) is 111 cm³/mol. The normalized spacial score (nSPS) is 11.0. The second kappa shape index (κ2) is 7.76. The van der Waals surface area contributed by atoms with E-state index in [1.54, 1.807) is 10.9 Å². The van der Waals surface area contributed by atoms with Crippen molar-refractivity contribution < 1.29 is 4.74 Å². The highest BCUT2D eigenvalue weighted by atomic mass is 32.1.